The summed E-state index contributed by atoms with van der Waals surface area (Å²) in [6, 6.07) is 27.8. The Morgan fingerprint density at radius 1 is 0.962 bits per heavy atom. The van der Waals surface area contributed by atoms with Gasteiger partial charge in [-0.05, 0) is 78.7 Å². The first-order valence-electron chi connectivity index (χ1n) is 18.0. The molecule has 0 radical (unpaired) electrons. The third kappa shape index (κ3) is 5.95. The summed E-state index contributed by atoms with van der Waals surface area (Å²) in [5, 5.41) is 10.7. The molecule has 1 spiro atoms. The van der Waals surface area contributed by atoms with E-state index < -0.39 is 31.5 Å². The van der Waals surface area contributed by atoms with E-state index in [9.17, 15) is 24.3 Å². The molecule has 4 aliphatic rings. The summed E-state index contributed by atoms with van der Waals surface area (Å²) in [5.74, 6) is -0.492. The van der Waals surface area contributed by atoms with Gasteiger partial charge in [0, 0.05) is 34.3 Å². The summed E-state index contributed by atoms with van der Waals surface area (Å²) in [4.78, 5) is 58.8. The standard InChI is InChI=1S/C41H42ClN3O7Si/c1-25-39(53(2,3)50)36(20-37(47)43-22-28-9-5-4-8-27(28)18-31(43)23-46)52-41(25)32-19-29(42)14-17-33(32)44(40(41)49)21-26-12-15-30(16-13-26)45-34-10-6-7-11-35(34)51-24-38(45)48/h4-17,19,25,31,36,39,46,50H,18,20-24H2,1-3H3/t25-,31-,36+,39-,41+/m0/s1. The molecule has 4 aromatic carbocycles. The molecule has 10 nitrogen and oxygen atoms in total. The van der Waals surface area contributed by atoms with Crippen molar-refractivity contribution in [3.63, 3.8) is 0 Å². The summed E-state index contributed by atoms with van der Waals surface area (Å²) < 4.78 is 12.5. The number of carbonyl (C=O) groups is 3. The van der Waals surface area contributed by atoms with E-state index in [2.05, 4.69) is 0 Å². The number of aliphatic hydroxyl groups is 1. The molecule has 5 atom stereocenters. The van der Waals surface area contributed by atoms with Gasteiger partial charge in [-0.2, -0.15) is 0 Å². The topological polar surface area (TPSA) is 120 Å². The van der Waals surface area contributed by atoms with E-state index in [0.29, 0.717) is 46.4 Å². The smallest absolute Gasteiger partial charge is 0.269 e. The number of hydrogen-bond acceptors (Lipinski definition) is 7. The minimum atomic E-state index is -3.05. The number of amides is 3. The predicted octanol–water partition coefficient (Wildman–Crippen LogP) is 6.08. The van der Waals surface area contributed by atoms with Gasteiger partial charge < -0.3 is 29.2 Å². The number of rotatable bonds is 7. The first-order chi connectivity index (χ1) is 25.4. The van der Waals surface area contributed by atoms with Crippen LogP contribution >= 0.6 is 11.6 Å². The monoisotopic (exact) mass is 751 g/mol. The number of nitrogens with zero attached hydrogens (tertiary/aromatic N) is 3. The van der Waals surface area contributed by atoms with Crippen molar-refractivity contribution in [3.8, 4) is 5.75 Å². The quantitative estimate of drug-likeness (QED) is 0.220. The van der Waals surface area contributed by atoms with Crippen molar-refractivity contribution >= 4 is 54.7 Å². The van der Waals surface area contributed by atoms with Crippen molar-refractivity contribution in [2.45, 2.75) is 69.2 Å². The van der Waals surface area contributed by atoms with Crippen LogP contribution in [0.4, 0.5) is 17.1 Å². The van der Waals surface area contributed by atoms with Gasteiger partial charge in [-0.15, -0.1) is 0 Å². The van der Waals surface area contributed by atoms with Crippen LogP contribution in [0.15, 0.2) is 91.0 Å². The molecule has 0 unspecified atom stereocenters. The first-order valence-corrected chi connectivity index (χ1v) is 21.4. The van der Waals surface area contributed by atoms with Gasteiger partial charge in [0.1, 0.15) is 5.75 Å². The van der Waals surface area contributed by atoms with Crippen LogP contribution in [0, 0.1) is 5.92 Å². The van der Waals surface area contributed by atoms with Crippen molar-refractivity contribution in [1.29, 1.82) is 0 Å². The highest BCUT2D eigenvalue weighted by atomic mass is 35.5. The first kappa shape index (κ1) is 35.5. The molecule has 0 aromatic heterocycles. The predicted molar refractivity (Wildman–Crippen MR) is 204 cm³/mol. The Hall–Kier alpha value is -4.52. The molecule has 2 N–H and O–H groups in total. The van der Waals surface area contributed by atoms with Gasteiger partial charge in [0.05, 0.1) is 43.1 Å². The summed E-state index contributed by atoms with van der Waals surface area (Å²) in [5.41, 5.74) is 3.68. The van der Waals surface area contributed by atoms with E-state index in [0.717, 1.165) is 16.7 Å². The van der Waals surface area contributed by atoms with E-state index in [1.807, 2.05) is 98.9 Å². The Morgan fingerprint density at radius 2 is 1.68 bits per heavy atom. The van der Waals surface area contributed by atoms with Crippen LogP contribution in [0.3, 0.4) is 0 Å². The summed E-state index contributed by atoms with van der Waals surface area (Å²) in [6.45, 7) is 5.95. The van der Waals surface area contributed by atoms with Gasteiger partial charge in [0.2, 0.25) is 5.91 Å². The molecule has 12 heteroatoms. The zero-order chi connectivity index (χ0) is 37.2. The molecule has 3 amide bonds. The van der Waals surface area contributed by atoms with Crippen LogP contribution in [-0.4, -0.2) is 66.2 Å². The van der Waals surface area contributed by atoms with E-state index in [1.165, 1.54) is 0 Å². The Kier molecular flexibility index (Phi) is 8.98. The molecule has 4 heterocycles. The number of hydrogen-bond donors (Lipinski definition) is 2. The van der Waals surface area contributed by atoms with E-state index in [4.69, 9.17) is 21.1 Å². The fourth-order valence-corrected chi connectivity index (χ4v) is 11.8. The van der Waals surface area contributed by atoms with E-state index in [-0.39, 0.29) is 49.9 Å². The molecule has 8 rings (SSSR count). The minimum Gasteiger partial charge on any atom is -0.482 e. The van der Waals surface area contributed by atoms with Crippen molar-refractivity contribution in [3.05, 3.63) is 118 Å². The Labute approximate surface area is 314 Å². The van der Waals surface area contributed by atoms with Gasteiger partial charge in [0.15, 0.2) is 20.5 Å². The number of carbonyl (C=O) groups excluding carboxylic acids is 3. The lowest BCUT2D eigenvalue weighted by Gasteiger charge is -2.37. The second-order valence-corrected chi connectivity index (χ2v) is 19.5. The molecule has 1 fully saturated rings. The Bertz CT molecular complexity index is 2110. The third-order valence-corrected chi connectivity index (χ3v) is 14.2. The van der Waals surface area contributed by atoms with Crippen LogP contribution in [0.25, 0.3) is 0 Å². The number of fused-ring (bicyclic) bond motifs is 4. The zero-order valence-corrected chi connectivity index (χ0v) is 31.6. The second kappa shape index (κ2) is 13.4. The molecule has 4 aromatic rings. The average Bonchev–Trinajstić information content (AvgIpc) is 3.56. The molecular formula is C41H42ClN3O7Si. The Balaban J connectivity index is 1.09. The lowest BCUT2D eigenvalue weighted by molar-refractivity contribution is -0.151. The summed E-state index contributed by atoms with van der Waals surface area (Å²) >= 11 is 6.60. The van der Waals surface area contributed by atoms with Crippen LogP contribution in [-0.2, 0) is 44.2 Å². The summed E-state index contributed by atoms with van der Waals surface area (Å²) in [7, 11) is -3.05. The number of aliphatic hydroxyl groups excluding tert-OH is 1. The lowest BCUT2D eigenvalue weighted by Crippen LogP contribution is -2.48. The maximum atomic E-state index is 14.9. The fourth-order valence-electron chi connectivity index (χ4n) is 9.06. The highest BCUT2D eigenvalue weighted by Crippen LogP contribution is 2.60. The normalized spacial score (nSPS) is 25.0. The third-order valence-electron chi connectivity index (χ3n) is 11.5. The van der Waals surface area contributed by atoms with Crippen molar-refractivity contribution < 1.29 is 33.8 Å². The maximum absolute atomic E-state index is 14.9. The molecule has 0 bridgehead atoms. The molecule has 0 aliphatic carbocycles. The molecular weight excluding hydrogens is 710 g/mol. The zero-order valence-electron chi connectivity index (χ0n) is 29.9. The van der Waals surface area contributed by atoms with Crippen LogP contribution < -0.4 is 14.5 Å². The van der Waals surface area contributed by atoms with Gasteiger partial charge in [0.25, 0.3) is 11.8 Å². The van der Waals surface area contributed by atoms with Crippen molar-refractivity contribution in [2.75, 3.05) is 23.0 Å². The van der Waals surface area contributed by atoms with Gasteiger partial charge in [-0.1, -0.05) is 67.1 Å². The molecule has 1 saturated heterocycles. The van der Waals surface area contributed by atoms with Gasteiger partial charge in [-0.3, -0.25) is 19.3 Å². The average molecular weight is 752 g/mol. The maximum Gasteiger partial charge on any atom is 0.269 e. The number of anilines is 3. The Morgan fingerprint density at radius 3 is 2.42 bits per heavy atom. The fraction of sp³-hybridized carbons (Fsp3) is 0.341. The molecule has 0 saturated carbocycles. The number of benzene rings is 4. The molecule has 274 valence electrons. The van der Waals surface area contributed by atoms with Crippen molar-refractivity contribution in [1.82, 2.24) is 4.90 Å². The van der Waals surface area contributed by atoms with Gasteiger partial charge in [-0.25, -0.2) is 0 Å². The minimum absolute atomic E-state index is 0.0412. The van der Waals surface area contributed by atoms with Gasteiger partial charge >= 0.3 is 0 Å². The number of para-hydroxylation sites is 2. The van der Waals surface area contributed by atoms with Crippen LogP contribution in [0.2, 0.25) is 23.7 Å². The molecule has 53 heavy (non-hydrogen) atoms. The molecule has 4 aliphatic heterocycles. The summed E-state index contributed by atoms with van der Waals surface area (Å²) in [6.07, 6.45) is -0.241. The number of halogens is 1. The van der Waals surface area contributed by atoms with Crippen LogP contribution in [0.1, 0.15) is 35.6 Å². The highest BCUT2D eigenvalue weighted by molar-refractivity contribution is 6.71. The van der Waals surface area contributed by atoms with E-state index in [1.54, 1.807) is 26.8 Å². The number of ether oxygens (including phenoxy) is 2. The highest BCUT2D eigenvalue weighted by Gasteiger charge is 2.66. The van der Waals surface area contributed by atoms with Crippen LogP contribution in [0.5, 0.6) is 5.75 Å². The lowest BCUT2D eigenvalue weighted by atomic mass is 9.82. The SMILES string of the molecule is C[C@H]1[C@H]([Si](C)(C)O)[C@@H](CC(=O)N2Cc3ccccc3C[C@H]2CO)O[C@]12C(=O)N(Cc1ccc(N3C(=O)COc4ccccc43)cc1)c1ccc(Cl)cc12. The second-order valence-electron chi connectivity index (χ2n) is 15.1. The van der Waals surface area contributed by atoms with E-state index >= 15 is 0 Å². The largest absolute Gasteiger partial charge is 0.482 e. The van der Waals surface area contributed by atoms with Crippen molar-refractivity contribution in [2.24, 2.45) is 5.92 Å².